The van der Waals surface area contributed by atoms with Crippen LogP contribution in [0.1, 0.15) is 41.7 Å². The first-order valence-corrected chi connectivity index (χ1v) is 8.09. The number of amides is 1. The molecular weight excluding hydrogens is 308 g/mol. The van der Waals surface area contributed by atoms with Crippen LogP contribution in [0.15, 0.2) is 28.9 Å². The standard InChI is InChI=1S/C18H22N2O4/c1-11-4-7-15(16(8-11)22-3)23-10-17-20-14(9-24-17)18(21)19-12(2)13-5-6-13/h4,7-9,12-13H,5-6,10H2,1-3H3,(H,19,21)/t12-/m1/s1. The molecule has 0 aliphatic heterocycles. The average molecular weight is 330 g/mol. The predicted molar refractivity (Wildman–Crippen MR) is 88.2 cm³/mol. The molecule has 6 nitrogen and oxygen atoms in total. The highest BCUT2D eigenvalue weighted by Crippen LogP contribution is 2.32. The molecule has 1 saturated carbocycles. The van der Waals surface area contributed by atoms with Gasteiger partial charge in [-0.1, -0.05) is 6.07 Å². The highest BCUT2D eigenvalue weighted by atomic mass is 16.5. The molecule has 1 fully saturated rings. The number of carbonyl (C=O) groups excluding carboxylic acids is 1. The molecule has 24 heavy (non-hydrogen) atoms. The number of benzene rings is 1. The summed E-state index contributed by atoms with van der Waals surface area (Å²) < 4.78 is 16.3. The van der Waals surface area contributed by atoms with Crippen LogP contribution in [0.5, 0.6) is 11.5 Å². The lowest BCUT2D eigenvalue weighted by atomic mass is 10.2. The SMILES string of the molecule is COc1cc(C)ccc1OCc1nc(C(=O)N[C@H](C)C2CC2)co1. The van der Waals surface area contributed by atoms with Crippen LogP contribution in [0.2, 0.25) is 0 Å². The largest absolute Gasteiger partial charge is 0.493 e. The minimum Gasteiger partial charge on any atom is -0.493 e. The van der Waals surface area contributed by atoms with Crippen LogP contribution < -0.4 is 14.8 Å². The van der Waals surface area contributed by atoms with Gasteiger partial charge < -0.3 is 19.2 Å². The topological polar surface area (TPSA) is 73.6 Å². The average Bonchev–Trinajstić information content (AvgIpc) is 3.32. The Morgan fingerprint density at radius 3 is 2.92 bits per heavy atom. The third kappa shape index (κ3) is 3.88. The maximum atomic E-state index is 12.1. The monoisotopic (exact) mass is 330 g/mol. The Bertz CT molecular complexity index is 722. The van der Waals surface area contributed by atoms with Crippen LogP contribution in [-0.2, 0) is 6.61 Å². The van der Waals surface area contributed by atoms with Gasteiger partial charge in [-0.15, -0.1) is 0 Å². The molecule has 1 aliphatic rings. The van der Waals surface area contributed by atoms with Gasteiger partial charge >= 0.3 is 0 Å². The number of aryl methyl sites for hydroxylation is 1. The van der Waals surface area contributed by atoms with Crippen molar-refractivity contribution < 1.29 is 18.7 Å². The van der Waals surface area contributed by atoms with E-state index in [2.05, 4.69) is 10.3 Å². The van der Waals surface area contributed by atoms with Crippen molar-refractivity contribution in [2.24, 2.45) is 5.92 Å². The van der Waals surface area contributed by atoms with E-state index in [1.54, 1.807) is 7.11 Å². The summed E-state index contributed by atoms with van der Waals surface area (Å²) in [6.45, 7) is 4.13. The van der Waals surface area contributed by atoms with E-state index >= 15 is 0 Å². The summed E-state index contributed by atoms with van der Waals surface area (Å²) in [7, 11) is 1.59. The first kappa shape index (κ1) is 16.4. The Hall–Kier alpha value is -2.50. The second kappa shape index (κ2) is 6.95. The summed E-state index contributed by atoms with van der Waals surface area (Å²) in [4.78, 5) is 16.3. The van der Waals surface area contributed by atoms with Crippen LogP contribution in [-0.4, -0.2) is 24.0 Å². The second-order valence-corrected chi connectivity index (χ2v) is 6.17. The van der Waals surface area contributed by atoms with E-state index in [-0.39, 0.29) is 24.2 Å². The molecule has 0 bridgehead atoms. The summed E-state index contributed by atoms with van der Waals surface area (Å²) in [6.07, 6.45) is 3.72. The van der Waals surface area contributed by atoms with Crippen molar-refractivity contribution in [2.75, 3.05) is 7.11 Å². The number of carbonyl (C=O) groups is 1. The molecule has 1 aromatic heterocycles. The molecule has 1 aromatic carbocycles. The lowest BCUT2D eigenvalue weighted by Gasteiger charge is -2.10. The van der Waals surface area contributed by atoms with Crippen molar-refractivity contribution in [1.29, 1.82) is 0 Å². The highest BCUT2D eigenvalue weighted by Gasteiger charge is 2.29. The lowest BCUT2D eigenvalue weighted by Crippen LogP contribution is -2.34. The van der Waals surface area contributed by atoms with Gasteiger partial charge in [0.2, 0.25) is 5.89 Å². The van der Waals surface area contributed by atoms with Gasteiger partial charge in [-0.05, 0) is 50.3 Å². The van der Waals surface area contributed by atoms with Crippen molar-refractivity contribution in [2.45, 2.75) is 39.3 Å². The fourth-order valence-corrected chi connectivity index (χ4v) is 2.51. The third-order valence-electron chi connectivity index (χ3n) is 4.14. The first-order chi connectivity index (χ1) is 11.6. The van der Waals surface area contributed by atoms with E-state index in [9.17, 15) is 4.79 Å². The van der Waals surface area contributed by atoms with Crippen LogP contribution >= 0.6 is 0 Å². The quantitative estimate of drug-likeness (QED) is 0.844. The zero-order chi connectivity index (χ0) is 17.1. The maximum absolute atomic E-state index is 12.1. The summed E-state index contributed by atoms with van der Waals surface area (Å²) in [6, 6.07) is 5.84. The van der Waals surface area contributed by atoms with Gasteiger partial charge in [-0.3, -0.25) is 4.79 Å². The molecule has 0 saturated heterocycles. The van der Waals surface area contributed by atoms with Crippen molar-refractivity contribution in [3.63, 3.8) is 0 Å². The maximum Gasteiger partial charge on any atom is 0.273 e. The molecule has 1 amide bonds. The number of nitrogens with zero attached hydrogens (tertiary/aromatic N) is 1. The number of nitrogens with one attached hydrogen (secondary N) is 1. The van der Waals surface area contributed by atoms with E-state index in [0.29, 0.717) is 23.3 Å². The zero-order valence-corrected chi connectivity index (χ0v) is 14.2. The lowest BCUT2D eigenvalue weighted by molar-refractivity contribution is 0.0930. The molecule has 1 N–H and O–H groups in total. The second-order valence-electron chi connectivity index (χ2n) is 6.17. The number of oxazole rings is 1. The molecule has 1 atom stereocenters. The molecule has 0 radical (unpaired) electrons. The summed E-state index contributed by atoms with van der Waals surface area (Å²) >= 11 is 0. The van der Waals surface area contributed by atoms with Gasteiger partial charge in [0.05, 0.1) is 7.11 Å². The Morgan fingerprint density at radius 2 is 2.21 bits per heavy atom. The van der Waals surface area contributed by atoms with Gasteiger partial charge in [0.1, 0.15) is 6.26 Å². The number of methoxy groups -OCH3 is 1. The van der Waals surface area contributed by atoms with E-state index in [0.717, 1.165) is 5.56 Å². The van der Waals surface area contributed by atoms with Gasteiger partial charge in [0, 0.05) is 6.04 Å². The number of ether oxygens (including phenoxy) is 2. The van der Waals surface area contributed by atoms with Gasteiger partial charge in [0.25, 0.3) is 5.91 Å². The Labute approximate surface area is 141 Å². The third-order valence-corrected chi connectivity index (χ3v) is 4.14. The summed E-state index contributed by atoms with van der Waals surface area (Å²) in [5, 5.41) is 2.95. The number of hydrogen-bond donors (Lipinski definition) is 1. The predicted octanol–water partition coefficient (Wildman–Crippen LogP) is 3.10. The molecule has 2 aromatic rings. The van der Waals surface area contributed by atoms with Crippen molar-refractivity contribution >= 4 is 5.91 Å². The first-order valence-electron chi connectivity index (χ1n) is 8.09. The van der Waals surface area contributed by atoms with Crippen LogP contribution in [0, 0.1) is 12.8 Å². The van der Waals surface area contributed by atoms with E-state index in [1.165, 1.54) is 19.1 Å². The molecule has 3 rings (SSSR count). The fraction of sp³-hybridized carbons (Fsp3) is 0.444. The Kier molecular flexibility index (Phi) is 4.74. The minimum absolute atomic E-state index is 0.130. The van der Waals surface area contributed by atoms with Crippen LogP contribution in [0.3, 0.4) is 0 Å². The molecule has 6 heteroatoms. The normalized spacial score (nSPS) is 15.0. The molecule has 128 valence electrons. The van der Waals surface area contributed by atoms with Crippen molar-refractivity contribution in [1.82, 2.24) is 10.3 Å². The van der Waals surface area contributed by atoms with E-state index in [4.69, 9.17) is 13.9 Å². The summed E-state index contributed by atoms with van der Waals surface area (Å²) in [5.74, 6) is 1.99. The summed E-state index contributed by atoms with van der Waals surface area (Å²) in [5.41, 5.74) is 1.36. The fourth-order valence-electron chi connectivity index (χ4n) is 2.51. The molecule has 1 heterocycles. The molecule has 0 unspecified atom stereocenters. The minimum atomic E-state index is -0.211. The van der Waals surface area contributed by atoms with E-state index in [1.807, 2.05) is 32.0 Å². The van der Waals surface area contributed by atoms with Crippen LogP contribution in [0.4, 0.5) is 0 Å². The zero-order valence-electron chi connectivity index (χ0n) is 14.2. The van der Waals surface area contributed by atoms with Gasteiger partial charge in [0.15, 0.2) is 23.8 Å². The number of rotatable bonds is 7. The Morgan fingerprint density at radius 1 is 1.42 bits per heavy atom. The molecule has 1 aliphatic carbocycles. The van der Waals surface area contributed by atoms with Gasteiger partial charge in [-0.2, -0.15) is 0 Å². The number of hydrogen-bond acceptors (Lipinski definition) is 5. The molecule has 0 spiro atoms. The highest BCUT2D eigenvalue weighted by molar-refractivity contribution is 5.92. The van der Waals surface area contributed by atoms with Gasteiger partial charge in [-0.25, -0.2) is 4.98 Å². The van der Waals surface area contributed by atoms with E-state index < -0.39 is 0 Å². The van der Waals surface area contributed by atoms with Crippen molar-refractivity contribution in [3.8, 4) is 11.5 Å². The smallest absolute Gasteiger partial charge is 0.273 e. The van der Waals surface area contributed by atoms with Crippen LogP contribution in [0.25, 0.3) is 0 Å². The van der Waals surface area contributed by atoms with Crippen molar-refractivity contribution in [3.05, 3.63) is 41.6 Å². The number of aromatic nitrogens is 1. The Balaban J connectivity index is 1.58. The molecular formula is C18H22N2O4.